The maximum Gasteiger partial charge on any atom is 0.522 e. The molecule has 1 aromatic carbocycles. The summed E-state index contributed by atoms with van der Waals surface area (Å²) in [4.78, 5) is 28.0. The second-order valence-corrected chi connectivity index (χ2v) is 8.06. The highest BCUT2D eigenvalue weighted by molar-refractivity contribution is 6.44. The number of ether oxygens (including phenoxy) is 1. The van der Waals surface area contributed by atoms with E-state index in [1.54, 1.807) is 31.1 Å². The largest absolute Gasteiger partial charge is 0.535 e. The van der Waals surface area contributed by atoms with E-state index in [9.17, 15) is 19.7 Å². The highest BCUT2D eigenvalue weighted by Gasteiger charge is 2.43. The molecule has 1 aromatic rings. The van der Waals surface area contributed by atoms with E-state index in [0.717, 1.165) is 18.5 Å². The number of hydrogen-bond acceptors (Lipinski definition) is 7. The van der Waals surface area contributed by atoms with E-state index in [4.69, 9.17) is 9.39 Å². The molecule has 0 bridgehead atoms. The molecule has 0 aromatic heterocycles. The van der Waals surface area contributed by atoms with Crippen molar-refractivity contribution in [2.24, 2.45) is 0 Å². The molecule has 156 valence electrons. The number of amides is 1. The molecule has 0 unspecified atom stereocenters. The Morgan fingerprint density at radius 2 is 2.10 bits per heavy atom. The first-order chi connectivity index (χ1) is 13.8. The van der Waals surface area contributed by atoms with Crippen LogP contribution in [0.5, 0.6) is 11.5 Å². The van der Waals surface area contributed by atoms with Crippen LogP contribution in [0.1, 0.15) is 22.3 Å². The van der Waals surface area contributed by atoms with E-state index in [1.807, 2.05) is 0 Å². The Morgan fingerprint density at radius 1 is 1.34 bits per heavy atom. The maximum absolute atomic E-state index is 12.4. The van der Waals surface area contributed by atoms with E-state index in [2.05, 4.69) is 10.2 Å². The van der Waals surface area contributed by atoms with Crippen molar-refractivity contribution in [3.8, 4) is 11.5 Å². The smallest absolute Gasteiger partial charge is 0.522 e. The van der Waals surface area contributed by atoms with Crippen molar-refractivity contribution >= 4 is 19.0 Å². The van der Waals surface area contributed by atoms with E-state index in [0.29, 0.717) is 25.8 Å². The molecular formula is C19H26BN3O6. The van der Waals surface area contributed by atoms with Crippen molar-refractivity contribution in [2.75, 3.05) is 33.7 Å². The van der Waals surface area contributed by atoms with Gasteiger partial charge in [0.05, 0.1) is 0 Å². The quantitative estimate of drug-likeness (QED) is 0.574. The van der Waals surface area contributed by atoms with Gasteiger partial charge in [-0.25, -0.2) is 4.79 Å². The lowest BCUT2D eigenvalue weighted by Crippen LogP contribution is -2.62. The number of nitrogens with zero attached hydrogens (tertiary/aromatic N) is 2. The van der Waals surface area contributed by atoms with Crippen LogP contribution < -0.4 is 14.7 Å². The predicted molar refractivity (Wildman–Crippen MR) is 105 cm³/mol. The Labute approximate surface area is 169 Å². The van der Waals surface area contributed by atoms with Crippen LogP contribution in [-0.4, -0.2) is 90.8 Å². The van der Waals surface area contributed by atoms with Crippen molar-refractivity contribution < 1.29 is 29.1 Å². The minimum atomic E-state index is -1.14. The van der Waals surface area contributed by atoms with Gasteiger partial charge >= 0.3 is 13.1 Å². The number of likely N-dealkylation sites (tertiary alicyclic amines) is 1. The molecule has 2 atom stereocenters. The number of fused-ring (bicyclic) bond motifs is 1. The molecule has 0 spiro atoms. The third-order valence-electron chi connectivity index (χ3n) is 5.86. The topological polar surface area (TPSA) is 112 Å². The van der Waals surface area contributed by atoms with Crippen LogP contribution in [0.25, 0.3) is 0 Å². The second-order valence-electron chi connectivity index (χ2n) is 8.06. The van der Waals surface area contributed by atoms with E-state index < -0.39 is 13.1 Å². The zero-order valence-corrected chi connectivity index (χ0v) is 16.6. The van der Waals surface area contributed by atoms with Crippen LogP contribution in [0.15, 0.2) is 12.1 Å². The summed E-state index contributed by atoms with van der Waals surface area (Å²) in [7, 11) is 2.50. The average molecular weight is 403 g/mol. The van der Waals surface area contributed by atoms with Crippen LogP contribution in [0.4, 0.5) is 0 Å². The molecule has 1 amide bonds. The number of aryl methyl sites for hydroxylation is 1. The molecule has 3 aliphatic heterocycles. The molecular weight excluding hydrogens is 377 g/mol. The number of benzene rings is 1. The number of rotatable bonds is 5. The van der Waals surface area contributed by atoms with Crippen LogP contribution in [0.2, 0.25) is 6.32 Å². The summed E-state index contributed by atoms with van der Waals surface area (Å²) >= 11 is 0. The first-order valence-electron chi connectivity index (χ1n) is 9.94. The summed E-state index contributed by atoms with van der Waals surface area (Å²) in [5, 5.41) is 22.7. The molecule has 4 rings (SSSR count). The van der Waals surface area contributed by atoms with Crippen LogP contribution in [0.3, 0.4) is 0 Å². The first kappa shape index (κ1) is 20.0. The van der Waals surface area contributed by atoms with Gasteiger partial charge in [0, 0.05) is 33.2 Å². The molecule has 0 saturated carbocycles. The van der Waals surface area contributed by atoms with Crippen molar-refractivity contribution in [1.29, 1.82) is 0 Å². The number of carboxylic acid groups (broad SMARTS) is 1. The van der Waals surface area contributed by atoms with Gasteiger partial charge in [0.25, 0.3) is 0 Å². The molecule has 2 saturated heterocycles. The number of likely N-dealkylation sites (N-methyl/N-ethyl adjacent to an activating group) is 1. The molecule has 29 heavy (non-hydrogen) atoms. The number of carbonyl (C=O) groups is 2. The minimum Gasteiger partial charge on any atom is -0.535 e. The SMILES string of the molecule is CN(C)C(=O)[C@H]1NCC[C@@H]1N1CC(Oc2ccc3c(c2C(=O)O)OB(O)CC3)C1. The molecule has 3 heterocycles. The van der Waals surface area contributed by atoms with Crippen molar-refractivity contribution in [3.63, 3.8) is 0 Å². The highest BCUT2D eigenvalue weighted by atomic mass is 16.5. The van der Waals surface area contributed by atoms with Crippen molar-refractivity contribution in [3.05, 3.63) is 23.3 Å². The lowest BCUT2D eigenvalue weighted by Gasteiger charge is -2.44. The molecule has 0 radical (unpaired) electrons. The van der Waals surface area contributed by atoms with Crippen LogP contribution >= 0.6 is 0 Å². The Bertz CT molecular complexity index is 813. The normalized spacial score (nSPS) is 24.4. The summed E-state index contributed by atoms with van der Waals surface area (Å²) < 4.78 is 11.4. The standard InChI is InChI=1S/C19H26BN3O6/c1-22(2)18(24)16-13(6-8-21-16)23-9-12(10-23)28-14-4-3-11-5-7-20(27)29-17(11)15(14)19(25)26/h3-4,12-13,16,21,27H,5-10H2,1-2H3,(H,25,26)/t13-,16-/m0/s1. The van der Waals surface area contributed by atoms with Crippen molar-refractivity contribution in [2.45, 2.75) is 37.3 Å². The van der Waals surface area contributed by atoms with E-state index in [1.165, 1.54) is 0 Å². The fraction of sp³-hybridized carbons (Fsp3) is 0.579. The van der Waals surface area contributed by atoms with Crippen LogP contribution in [0, 0.1) is 0 Å². The third-order valence-corrected chi connectivity index (χ3v) is 5.86. The molecule has 0 aliphatic carbocycles. The van der Waals surface area contributed by atoms with E-state index in [-0.39, 0.29) is 41.2 Å². The Balaban J connectivity index is 1.44. The average Bonchev–Trinajstić information content (AvgIpc) is 3.11. The molecule has 10 heteroatoms. The molecule has 3 N–H and O–H groups in total. The fourth-order valence-corrected chi connectivity index (χ4v) is 4.32. The number of nitrogens with one attached hydrogen (secondary N) is 1. The van der Waals surface area contributed by atoms with Gasteiger partial charge in [-0.2, -0.15) is 0 Å². The fourth-order valence-electron chi connectivity index (χ4n) is 4.32. The number of carboxylic acids is 1. The third kappa shape index (κ3) is 3.79. The second kappa shape index (κ2) is 7.85. The van der Waals surface area contributed by atoms with Gasteiger partial charge in [0.2, 0.25) is 5.91 Å². The summed E-state index contributed by atoms with van der Waals surface area (Å²) in [6.45, 7) is 2.05. The molecule has 2 fully saturated rings. The lowest BCUT2D eigenvalue weighted by molar-refractivity contribution is -0.133. The van der Waals surface area contributed by atoms with Gasteiger partial charge < -0.3 is 29.7 Å². The zero-order chi connectivity index (χ0) is 20.7. The lowest BCUT2D eigenvalue weighted by atomic mass is 9.78. The van der Waals surface area contributed by atoms with E-state index >= 15 is 0 Å². The number of hydrogen-bond donors (Lipinski definition) is 3. The van der Waals surface area contributed by atoms with Crippen molar-refractivity contribution in [1.82, 2.24) is 15.1 Å². The van der Waals surface area contributed by atoms with Gasteiger partial charge in [-0.15, -0.1) is 0 Å². The summed E-state index contributed by atoms with van der Waals surface area (Å²) in [5.74, 6) is -0.628. The highest BCUT2D eigenvalue weighted by Crippen LogP contribution is 2.37. The molecule has 3 aliphatic rings. The summed E-state index contributed by atoms with van der Waals surface area (Å²) in [5.41, 5.74) is 0.722. The molecule has 9 nitrogen and oxygen atoms in total. The Hall–Kier alpha value is -2.30. The maximum atomic E-state index is 12.4. The van der Waals surface area contributed by atoms with Gasteiger partial charge in [0.1, 0.15) is 29.2 Å². The number of aromatic carboxylic acids is 1. The number of carbonyl (C=O) groups excluding carboxylic acids is 1. The summed E-state index contributed by atoms with van der Waals surface area (Å²) in [6.07, 6.45) is 1.73. The van der Waals surface area contributed by atoms with Crippen LogP contribution in [-0.2, 0) is 11.2 Å². The Morgan fingerprint density at radius 3 is 2.79 bits per heavy atom. The minimum absolute atomic E-state index is 0.0390. The van der Waals surface area contributed by atoms with Gasteiger partial charge in [-0.3, -0.25) is 9.69 Å². The zero-order valence-electron chi connectivity index (χ0n) is 16.6. The first-order valence-corrected chi connectivity index (χ1v) is 9.94. The monoisotopic (exact) mass is 403 g/mol. The predicted octanol–water partition coefficient (Wildman–Crippen LogP) is -0.318. The Kier molecular flexibility index (Phi) is 5.41. The summed E-state index contributed by atoms with van der Waals surface area (Å²) in [6, 6.07) is 3.36. The van der Waals surface area contributed by atoms with Gasteiger partial charge in [-0.1, -0.05) is 6.07 Å². The van der Waals surface area contributed by atoms with Gasteiger partial charge in [0.15, 0.2) is 0 Å². The van der Waals surface area contributed by atoms with Gasteiger partial charge in [-0.05, 0) is 37.3 Å².